The Balaban J connectivity index is 2.53. The van der Waals surface area contributed by atoms with Crippen molar-refractivity contribution in [2.75, 3.05) is 7.11 Å². The third kappa shape index (κ3) is 3.82. The zero-order valence-corrected chi connectivity index (χ0v) is 13.6. The number of allylic oxidation sites excluding steroid dienone is 1. The van der Waals surface area contributed by atoms with Crippen molar-refractivity contribution >= 4 is 28.8 Å². The van der Waals surface area contributed by atoms with Crippen molar-refractivity contribution in [1.82, 2.24) is 4.98 Å². The van der Waals surface area contributed by atoms with Crippen molar-refractivity contribution in [1.29, 1.82) is 0 Å². The molecule has 1 heterocycles. The first-order valence-electron chi connectivity index (χ1n) is 6.69. The summed E-state index contributed by atoms with van der Waals surface area (Å²) in [7, 11) is 1.60. The van der Waals surface area contributed by atoms with E-state index >= 15 is 0 Å². The van der Waals surface area contributed by atoms with E-state index in [2.05, 4.69) is 10.9 Å². The Hall–Kier alpha value is -1.95. The smallest absolute Gasteiger partial charge is 0.0869 e. The number of aromatic nitrogens is 1. The molecule has 1 aromatic heterocycles. The normalized spacial score (nSPS) is 12.5. The summed E-state index contributed by atoms with van der Waals surface area (Å²) >= 11 is 12.3. The molecule has 0 aliphatic carbocycles. The van der Waals surface area contributed by atoms with Crippen LogP contribution in [-0.2, 0) is 4.74 Å². The van der Waals surface area contributed by atoms with Gasteiger partial charge in [0.1, 0.15) is 0 Å². The maximum absolute atomic E-state index is 6.35. The van der Waals surface area contributed by atoms with Gasteiger partial charge in [0.25, 0.3) is 0 Å². The van der Waals surface area contributed by atoms with Crippen LogP contribution < -0.4 is 0 Å². The highest BCUT2D eigenvalue weighted by Gasteiger charge is 2.21. The van der Waals surface area contributed by atoms with Crippen LogP contribution in [0.1, 0.15) is 23.5 Å². The standard InChI is InChI=1S/C18H15Cl2NO/c1-3-5-15(16-8-7-14(19)10-18(16)20)17(12-22-2)13-6-4-9-21-11-13/h1,4,6-12,15H,5H2,2H3. The van der Waals surface area contributed by atoms with Crippen molar-refractivity contribution in [3.63, 3.8) is 0 Å². The highest BCUT2D eigenvalue weighted by atomic mass is 35.5. The Labute approximate surface area is 140 Å². The van der Waals surface area contributed by atoms with Gasteiger partial charge in [-0.25, -0.2) is 0 Å². The van der Waals surface area contributed by atoms with E-state index in [1.807, 2.05) is 18.2 Å². The van der Waals surface area contributed by atoms with Gasteiger partial charge in [-0.2, -0.15) is 0 Å². The number of methoxy groups -OCH3 is 1. The van der Waals surface area contributed by atoms with Crippen LogP contribution in [0.15, 0.2) is 49.0 Å². The average Bonchev–Trinajstić information content (AvgIpc) is 2.52. The lowest BCUT2D eigenvalue weighted by Crippen LogP contribution is -2.04. The van der Waals surface area contributed by atoms with Crippen LogP contribution in [-0.4, -0.2) is 12.1 Å². The molecule has 0 spiro atoms. The van der Waals surface area contributed by atoms with E-state index in [9.17, 15) is 0 Å². The fourth-order valence-corrected chi connectivity index (χ4v) is 2.84. The number of nitrogens with zero attached hydrogens (tertiary/aromatic N) is 1. The van der Waals surface area contributed by atoms with Crippen molar-refractivity contribution in [3.05, 3.63) is 70.2 Å². The first-order valence-corrected chi connectivity index (χ1v) is 7.44. The summed E-state index contributed by atoms with van der Waals surface area (Å²) in [5.74, 6) is 2.61. The number of pyridine rings is 1. The molecular weight excluding hydrogens is 317 g/mol. The summed E-state index contributed by atoms with van der Waals surface area (Å²) in [5.41, 5.74) is 2.78. The van der Waals surface area contributed by atoms with E-state index in [1.165, 1.54) is 0 Å². The van der Waals surface area contributed by atoms with Gasteiger partial charge in [-0.1, -0.05) is 35.3 Å². The molecule has 112 valence electrons. The SMILES string of the molecule is C#CCC(C(=COC)c1cccnc1)c1ccc(Cl)cc1Cl. The summed E-state index contributed by atoms with van der Waals surface area (Å²) in [6.07, 6.45) is 11.2. The molecule has 0 radical (unpaired) electrons. The van der Waals surface area contributed by atoms with Crippen molar-refractivity contribution in [3.8, 4) is 12.3 Å². The number of halogens is 2. The number of benzene rings is 1. The van der Waals surface area contributed by atoms with Crippen molar-refractivity contribution in [2.45, 2.75) is 12.3 Å². The molecule has 0 saturated heterocycles. The molecule has 22 heavy (non-hydrogen) atoms. The van der Waals surface area contributed by atoms with Crippen LogP contribution in [0.2, 0.25) is 10.0 Å². The predicted octanol–water partition coefficient (Wildman–Crippen LogP) is 5.18. The number of terminal acetylenes is 1. The Kier molecular flexibility index (Phi) is 5.89. The summed E-state index contributed by atoms with van der Waals surface area (Å²) in [6.45, 7) is 0. The van der Waals surface area contributed by atoms with E-state index in [1.54, 1.807) is 37.9 Å². The third-order valence-electron chi connectivity index (χ3n) is 3.27. The zero-order valence-electron chi connectivity index (χ0n) is 12.1. The molecule has 0 aliphatic heterocycles. The van der Waals surface area contributed by atoms with Gasteiger partial charge in [0.05, 0.1) is 13.4 Å². The van der Waals surface area contributed by atoms with Gasteiger partial charge in [-0.05, 0) is 29.3 Å². The van der Waals surface area contributed by atoms with Crippen LogP contribution in [0.25, 0.3) is 5.57 Å². The van der Waals surface area contributed by atoms with E-state index in [0.29, 0.717) is 16.5 Å². The molecule has 0 aliphatic rings. The Morgan fingerprint density at radius 1 is 1.41 bits per heavy atom. The van der Waals surface area contributed by atoms with Gasteiger partial charge in [-0.15, -0.1) is 12.3 Å². The van der Waals surface area contributed by atoms with Crippen LogP contribution in [0.3, 0.4) is 0 Å². The first kappa shape index (κ1) is 16.4. The summed E-state index contributed by atoms with van der Waals surface area (Å²) in [4.78, 5) is 4.16. The summed E-state index contributed by atoms with van der Waals surface area (Å²) in [6, 6.07) is 9.25. The highest BCUT2D eigenvalue weighted by Crippen LogP contribution is 2.38. The Bertz CT molecular complexity index is 705. The molecule has 2 nitrogen and oxygen atoms in total. The molecule has 1 aromatic carbocycles. The quantitative estimate of drug-likeness (QED) is 0.556. The molecular formula is C18H15Cl2NO. The fourth-order valence-electron chi connectivity index (χ4n) is 2.30. The fraction of sp³-hybridized carbons (Fsp3) is 0.167. The maximum atomic E-state index is 6.35. The lowest BCUT2D eigenvalue weighted by atomic mass is 9.85. The molecule has 2 rings (SSSR count). The van der Waals surface area contributed by atoms with E-state index < -0.39 is 0 Å². The maximum Gasteiger partial charge on any atom is 0.0869 e. The topological polar surface area (TPSA) is 22.1 Å². The van der Waals surface area contributed by atoms with Crippen molar-refractivity contribution < 1.29 is 4.74 Å². The minimum absolute atomic E-state index is 0.0982. The molecule has 0 amide bonds. The number of hydrogen-bond donors (Lipinski definition) is 0. The minimum atomic E-state index is -0.0982. The summed E-state index contributed by atoms with van der Waals surface area (Å²) in [5, 5.41) is 1.17. The van der Waals surface area contributed by atoms with Crippen LogP contribution in [0, 0.1) is 12.3 Å². The highest BCUT2D eigenvalue weighted by molar-refractivity contribution is 6.35. The number of hydrogen-bond acceptors (Lipinski definition) is 2. The van der Waals surface area contributed by atoms with Gasteiger partial charge >= 0.3 is 0 Å². The zero-order chi connectivity index (χ0) is 15.9. The summed E-state index contributed by atoms with van der Waals surface area (Å²) < 4.78 is 5.24. The molecule has 1 unspecified atom stereocenters. The molecule has 0 N–H and O–H groups in total. The molecule has 2 aromatic rings. The van der Waals surface area contributed by atoms with Crippen LogP contribution >= 0.6 is 23.2 Å². The lowest BCUT2D eigenvalue weighted by Gasteiger charge is -2.20. The van der Waals surface area contributed by atoms with E-state index in [4.69, 9.17) is 34.4 Å². The Morgan fingerprint density at radius 2 is 2.23 bits per heavy atom. The molecule has 1 atom stereocenters. The second kappa shape index (κ2) is 7.89. The largest absolute Gasteiger partial charge is 0.504 e. The number of rotatable bonds is 5. The van der Waals surface area contributed by atoms with Crippen molar-refractivity contribution in [2.24, 2.45) is 0 Å². The third-order valence-corrected chi connectivity index (χ3v) is 3.84. The molecule has 0 fully saturated rings. The van der Waals surface area contributed by atoms with E-state index in [0.717, 1.165) is 16.7 Å². The first-order chi connectivity index (χ1) is 10.7. The van der Waals surface area contributed by atoms with Crippen LogP contribution in [0.5, 0.6) is 0 Å². The minimum Gasteiger partial charge on any atom is -0.504 e. The van der Waals surface area contributed by atoms with Gasteiger partial charge in [0, 0.05) is 40.4 Å². The molecule has 0 bridgehead atoms. The second-order valence-electron chi connectivity index (χ2n) is 4.68. The van der Waals surface area contributed by atoms with Gasteiger partial charge in [-0.3, -0.25) is 4.98 Å². The van der Waals surface area contributed by atoms with Gasteiger partial charge in [0.2, 0.25) is 0 Å². The van der Waals surface area contributed by atoms with Crippen LogP contribution in [0.4, 0.5) is 0 Å². The number of ether oxygens (including phenoxy) is 1. The van der Waals surface area contributed by atoms with Gasteiger partial charge in [0.15, 0.2) is 0 Å². The van der Waals surface area contributed by atoms with Gasteiger partial charge < -0.3 is 4.74 Å². The lowest BCUT2D eigenvalue weighted by molar-refractivity contribution is 0.338. The Morgan fingerprint density at radius 3 is 2.82 bits per heavy atom. The monoisotopic (exact) mass is 331 g/mol. The average molecular weight is 332 g/mol. The predicted molar refractivity (Wildman–Crippen MR) is 91.9 cm³/mol. The molecule has 4 heteroatoms. The molecule has 0 saturated carbocycles. The van der Waals surface area contributed by atoms with E-state index in [-0.39, 0.29) is 5.92 Å². The second-order valence-corrected chi connectivity index (χ2v) is 5.52.